The number of rotatable bonds is 7. The number of aromatic nitrogens is 3. The quantitative estimate of drug-likeness (QED) is 0.650. The Bertz CT molecular complexity index is 965. The van der Waals surface area contributed by atoms with E-state index in [9.17, 15) is 9.59 Å². The first kappa shape index (κ1) is 23.8. The Morgan fingerprint density at radius 2 is 2.06 bits per heavy atom. The molecule has 1 fully saturated rings. The summed E-state index contributed by atoms with van der Waals surface area (Å²) in [6, 6.07) is 1.79. The molecule has 32 heavy (non-hydrogen) atoms. The smallest absolute Gasteiger partial charge is 0.407 e. The van der Waals surface area contributed by atoms with Crippen LogP contribution >= 0.6 is 0 Å². The van der Waals surface area contributed by atoms with E-state index in [0.717, 1.165) is 35.6 Å². The molecular formula is C23H35N5O4. The second-order valence-electron chi connectivity index (χ2n) is 9.21. The summed E-state index contributed by atoms with van der Waals surface area (Å²) in [6.07, 6.45) is 3.55. The van der Waals surface area contributed by atoms with Gasteiger partial charge in [0.15, 0.2) is 5.65 Å². The van der Waals surface area contributed by atoms with Crippen molar-refractivity contribution < 1.29 is 19.1 Å². The van der Waals surface area contributed by atoms with Crippen LogP contribution in [0, 0.1) is 6.92 Å². The highest BCUT2D eigenvalue weighted by Gasteiger charge is 2.34. The van der Waals surface area contributed by atoms with Crippen LogP contribution < -0.4 is 10.2 Å². The summed E-state index contributed by atoms with van der Waals surface area (Å²) >= 11 is 0. The van der Waals surface area contributed by atoms with Crippen LogP contribution in [-0.4, -0.2) is 58.0 Å². The van der Waals surface area contributed by atoms with Gasteiger partial charge in [-0.05, 0) is 47.5 Å². The molecule has 0 saturated carbocycles. The van der Waals surface area contributed by atoms with E-state index >= 15 is 0 Å². The third kappa shape index (κ3) is 5.31. The third-order valence-corrected chi connectivity index (χ3v) is 5.44. The maximum absolute atomic E-state index is 12.9. The number of carbonyl (C=O) groups is 2. The molecule has 1 aliphatic rings. The van der Waals surface area contributed by atoms with E-state index in [1.165, 1.54) is 0 Å². The highest BCUT2D eigenvalue weighted by molar-refractivity contribution is 5.81. The van der Waals surface area contributed by atoms with E-state index in [1.54, 1.807) is 10.7 Å². The molecule has 3 heterocycles. The zero-order chi connectivity index (χ0) is 23.5. The normalized spacial score (nSPS) is 17.4. The summed E-state index contributed by atoms with van der Waals surface area (Å²) < 4.78 is 12.6. The van der Waals surface area contributed by atoms with E-state index in [4.69, 9.17) is 14.5 Å². The van der Waals surface area contributed by atoms with Crippen molar-refractivity contribution >= 4 is 23.5 Å². The first-order valence-electron chi connectivity index (χ1n) is 11.4. The molecule has 2 atom stereocenters. The van der Waals surface area contributed by atoms with Gasteiger partial charge >= 0.3 is 12.1 Å². The van der Waals surface area contributed by atoms with Crippen LogP contribution in [0.25, 0.3) is 5.65 Å². The average Bonchev–Trinajstić information content (AvgIpc) is 3.33. The number of ether oxygens (including phenoxy) is 2. The third-order valence-electron chi connectivity index (χ3n) is 5.44. The molecule has 0 aliphatic carbocycles. The van der Waals surface area contributed by atoms with Crippen LogP contribution in [0.15, 0.2) is 12.3 Å². The summed E-state index contributed by atoms with van der Waals surface area (Å²) in [5.41, 5.74) is 1.82. The van der Waals surface area contributed by atoms with Crippen LogP contribution in [0.5, 0.6) is 0 Å². The molecule has 9 nitrogen and oxygen atoms in total. The number of anilines is 1. The van der Waals surface area contributed by atoms with Crippen molar-refractivity contribution in [2.24, 2.45) is 0 Å². The molecule has 0 aromatic carbocycles. The van der Waals surface area contributed by atoms with Gasteiger partial charge in [-0.25, -0.2) is 9.78 Å². The highest BCUT2D eigenvalue weighted by Crippen LogP contribution is 2.36. The number of alkyl carbamates (subject to hydrolysis) is 1. The number of fused-ring (bicyclic) bond motifs is 1. The van der Waals surface area contributed by atoms with Gasteiger partial charge in [-0.1, -0.05) is 13.3 Å². The standard InChI is InChI=1S/C23H35N5O4/c1-7-9-17(21(29)31-8-2)19-15(3)25-18-10-12-24-28(18)20(19)27-13-11-16(14-27)26-22(30)32-23(4,5)6/h10,12,16-17H,7-9,11,13-14H2,1-6H3,(H,26,30). The van der Waals surface area contributed by atoms with Gasteiger partial charge in [-0.2, -0.15) is 9.61 Å². The number of hydrogen-bond acceptors (Lipinski definition) is 7. The minimum atomic E-state index is -0.550. The van der Waals surface area contributed by atoms with Gasteiger partial charge in [0, 0.05) is 30.4 Å². The fraction of sp³-hybridized carbons (Fsp3) is 0.652. The number of nitrogens with zero attached hydrogens (tertiary/aromatic N) is 4. The van der Waals surface area contributed by atoms with E-state index in [1.807, 2.05) is 40.7 Å². The summed E-state index contributed by atoms with van der Waals surface area (Å²) in [7, 11) is 0. The van der Waals surface area contributed by atoms with Gasteiger partial charge in [0.05, 0.1) is 24.8 Å². The maximum Gasteiger partial charge on any atom is 0.407 e. The summed E-state index contributed by atoms with van der Waals surface area (Å²) in [5, 5.41) is 7.46. The van der Waals surface area contributed by atoms with Crippen molar-refractivity contribution in [2.45, 2.75) is 78.4 Å². The second kappa shape index (κ2) is 9.75. The first-order valence-corrected chi connectivity index (χ1v) is 11.4. The molecule has 0 bridgehead atoms. The summed E-state index contributed by atoms with van der Waals surface area (Å²) in [6.45, 7) is 13.0. The molecule has 0 spiro atoms. The Labute approximate surface area is 189 Å². The molecular weight excluding hydrogens is 410 g/mol. The lowest BCUT2D eigenvalue weighted by Crippen LogP contribution is -2.41. The molecule has 1 amide bonds. The molecule has 2 aromatic heterocycles. The van der Waals surface area contributed by atoms with Gasteiger partial charge in [-0.15, -0.1) is 0 Å². The van der Waals surface area contributed by atoms with Gasteiger partial charge < -0.3 is 19.7 Å². The molecule has 1 N–H and O–H groups in total. The Kier molecular flexibility index (Phi) is 7.26. The first-order chi connectivity index (χ1) is 15.1. The van der Waals surface area contributed by atoms with Crippen LogP contribution in [0.2, 0.25) is 0 Å². The Morgan fingerprint density at radius 1 is 1.31 bits per heavy atom. The highest BCUT2D eigenvalue weighted by atomic mass is 16.6. The van der Waals surface area contributed by atoms with E-state index in [-0.39, 0.29) is 12.0 Å². The topological polar surface area (TPSA) is 98.1 Å². The van der Waals surface area contributed by atoms with Gasteiger partial charge in [-0.3, -0.25) is 4.79 Å². The lowest BCUT2D eigenvalue weighted by atomic mass is 9.93. The molecule has 0 radical (unpaired) electrons. The Balaban J connectivity index is 1.95. The lowest BCUT2D eigenvalue weighted by molar-refractivity contribution is -0.145. The van der Waals surface area contributed by atoms with Crippen molar-refractivity contribution in [2.75, 3.05) is 24.6 Å². The van der Waals surface area contributed by atoms with Crippen LogP contribution in [0.4, 0.5) is 10.6 Å². The number of esters is 1. The van der Waals surface area contributed by atoms with Crippen LogP contribution in [0.3, 0.4) is 0 Å². The predicted molar refractivity (Wildman–Crippen MR) is 122 cm³/mol. The summed E-state index contributed by atoms with van der Waals surface area (Å²) in [5.74, 6) is 0.182. The van der Waals surface area contributed by atoms with Crippen molar-refractivity contribution in [3.8, 4) is 0 Å². The van der Waals surface area contributed by atoms with Crippen LogP contribution in [0.1, 0.15) is 71.1 Å². The molecule has 9 heteroatoms. The van der Waals surface area contributed by atoms with E-state index in [0.29, 0.717) is 26.1 Å². The average molecular weight is 446 g/mol. The molecule has 2 unspecified atom stereocenters. The zero-order valence-electron chi connectivity index (χ0n) is 20.0. The molecule has 1 saturated heterocycles. The van der Waals surface area contributed by atoms with Gasteiger partial charge in [0.2, 0.25) is 0 Å². The maximum atomic E-state index is 12.9. The minimum absolute atomic E-state index is 0.0657. The van der Waals surface area contributed by atoms with Crippen molar-refractivity contribution in [3.63, 3.8) is 0 Å². The van der Waals surface area contributed by atoms with E-state index in [2.05, 4.69) is 22.2 Å². The fourth-order valence-electron chi connectivity index (χ4n) is 4.22. The zero-order valence-corrected chi connectivity index (χ0v) is 20.0. The Morgan fingerprint density at radius 3 is 2.72 bits per heavy atom. The molecule has 176 valence electrons. The van der Waals surface area contributed by atoms with Crippen molar-refractivity contribution in [3.05, 3.63) is 23.5 Å². The summed E-state index contributed by atoms with van der Waals surface area (Å²) in [4.78, 5) is 32.0. The molecule has 3 rings (SSSR count). The van der Waals surface area contributed by atoms with Gasteiger partial charge in [0.1, 0.15) is 11.4 Å². The minimum Gasteiger partial charge on any atom is -0.466 e. The second-order valence-corrected chi connectivity index (χ2v) is 9.21. The van der Waals surface area contributed by atoms with Crippen molar-refractivity contribution in [1.29, 1.82) is 0 Å². The fourth-order valence-corrected chi connectivity index (χ4v) is 4.22. The van der Waals surface area contributed by atoms with Crippen molar-refractivity contribution in [1.82, 2.24) is 19.9 Å². The largest absolute Gasteiger partial charge is 0.466 e. The number of nitrogens with one attached hydrogen (secondary N) is 1. The van der Waals surface area contributed by atoms with Crippen LogP contribution in [-0.2, 0) is 14.3 Å². The molecule has 1 aliphatic heterocycles. The van der Waals surface area contributed by atoms with E-state index < -0.39 is 17.6 Å². The predicted octanol–water partition coefficient (Wildman–Crippen LogP) is 3.59. The van der Waals surface area contributed by atoms with Gasteiger partial charge in [0.25, 0.3) is 0 Å². The number of amides is 1. The lowest BCUT2D eigenvalue weighted by Gasteiger charge is -2.27. The molecule has 2 aromatic rings. The monoisotopic (exact) mass is 445 g/mol. The Hall–Kier alpha value is -2.84. The number of aryl methyl sites for hydroxylation is 1. The number of hydrogen-bond donors (Lipinski definition) is 1. The SMILES string of the molecule is CCCC(C(=O)OCC)c1c(C)nc2ccnn2c1N1CCC(NC(=O)OC(C)(C)C)C1. The number of carbonyl (C=O) groups excluding carboxylic acids is 2.